The Hall–Kier alpha value is -3.13. The lowest BCUT2D eigenvalue weighted by molar-refractivity contribution is -0.143. The van der Waals surface area contributed by atoms with Crippen molar-refractivity contribution in [3.63, 3.8) is 0 Å². The Bertz CT molecular complexity index is 930. The van der Waals surface area contributed by atoms with Gasteiger partial charge in [-0.15, -0.1) is 0 Å². The Labute approximate surface area is 173 Å². The number of halogens is 1. The fourth-order valence-electron chi connectivity index (χ4n) is 2.31. The summed E-state index contributed by atoms with van der Waals surface area (Å²) in [7, 11) is 0. The molecule has 0 atom stereocenters. The lowest BCUT2D eigenvalue weighted by Crippen LogP contribution is -2.49. The Balaban J connectivity index is 1.94. The summed E-state index contributed by atoms with van der Waals surface area (Å²) in [5.74, 6) is -1.49. The van der Waals surface area contributed by atoms with Gasteiger partial charge in [0.1, 0.15) is 5.15 Å². The number of para-hydroxylation sites is 1. The summed E-state index contributed by atoms with van der Waals surface area (Å²) in [6.45, 7) is 6.49. The van der Waals surface area contributed by atoms with Gasteiger partial charge in [0.2, 0.25) is 0 Å². The first-order valence-corrected chi connectivity index (χ1v) is 9.22. The summed E-state index contributed by atoms with van der Waals surface area (Å²) in [6, 6.07) is 8.66. The van der Waals surface area contributed by atoms with Gasteiger partial charge >= 0.3 is 12.0 Å². The van der Waals surface area contributed by atoms with Crippen LogP contribution in [0.25, 0.3) is 11.8 Å². The highest BCUT2D eigenvalue weighted by molar-refractivity contribution is 6.31. The molecule has 0 radical (unpaired) electrons. The second kappa shape index (κ2) is 9.38. The van der Waals surface area contributed by atoms with Gasteiger partial charge in [-0.1, -0.05) is 29.8 Å². The van der Waals surface area contributed by atoms with E-state index in [0.29, 0.717) is 16.4 Å². The number of hydrogen-bond donors (Lipinski definition) is 2. The van der Waals surface area contributed by atoms with E-state index < -0.39 is 30.1 Å². The van der Waals surface area contributed by atoms with E-state index in [4.69, 9.17) is 16.3 Å². The Morgan fingerprint density at radius 2 is 1.86 bits per heavy atom. The van der Waals surface area contributed by atoms with Crippen LogP contribution in [0.15, 0.2) is 36.4 Å². The lowest BCUT2D eigenvalue weighted by Gasteiger charge is -2.20. The number of imide groups is 1. The first-order chi connectivity index (χ1) is 13.6. The lowest BCUT2D eigenvalue weighted by atomic mass is 10.1. The van der Waals surface area contributed by atoms with Crippen molar-refractivity contribution in [3.8, 4) is 5.69 Å². The number of aromatic nitrogens is 2. The minimum absolute atomic E-state index is 0.342. The molecule has 154 valence electrons. The van der Waals surface area contributed by atoms with Crippen molar-refractivity contribution < 1.29 is 19.1 Å². The number of benzene rings is 1. The van der Waals surface area contributed by atoms with Crippen LogP contribution in [-0.2, 0) is 14.3 Å². The highest BCUT2D eigenvalue weighted by Gasteiger charge is 2.16. The Morgan fingerprint density at radius 3 is 2.48 bits per heavy atom. The first kappa shape index (κ1) is 22.2. The molecular formula is C20H23ClN4O4. The fourth-order valence-corrected chi connectivity index (χ4v) is 2.65. The van der Waals surface area contributed by atoms with Gasteiger partial charge in [0.15, 0.2) is 6.61 Å². The molecule has 0 spiro atoms. The maximum atomic E-state index is 11.9. The van der Waals surface area contributed by atoms with Crippen molar-refractivity contribution in [3.05, 3.63) is 52.8 Å². The van der Waals surface area contributed by atoms with Gasteiger partial charge in [-0.05, 0) is 45.9 Å². The van der Waals surface area contributed by atoms with Gasteiger partial charge in [0.25, 0.3) is 5.91 Å². The normalized spacial score (nSPS) is 11.3. The average Bonchev–Trinajstić information content (AvgIpc) is 2.91. The van der Waals surface area contributed by atoms with E-state index in [0.717, 1.165) is 11.8 Å². The van der Waals surface area contributed by atoms with Crippen molar-refractivity contribution in [2.45, 2.75) is 33.2 Å². The van der Waals surface area contributed by atoms with Gasteiger partial charge < -0.3 is 10.1 Å². The second-order valence-electron chi connectivity index (χ2n) is 7.23. The largest absolute Gasteiger partial charge is 0.452 e. The highest BCUT2D eigenvalue weighted by atomic mass is 35.5. The standard InChI is InChI=1S/C20H23ClN4O4/c1-13-15(18(21)25(24-13)14-8-6-5-7-9-14)10-11-17(27)29-12-16(26)22-19(28)23-20(2,3)4/h5-11H,12H2,1-4H3,(H2,22,23,26,28)/b11-10+. The summed E-state index contributed by atoms with van der Waals surface area (Å²) in [5.41, 5.74) is 1.47. The summed E-state index contributed by atoms with van der Waals surface area (Å²) in [6.07, 6.45) is 2.62. The molecule has 2 aromatic rings. The zero-order valence-electron chi connectivity index (χ0n) is 16.7. The highest BCUT2D eigenvalue weighted by Crippen LogP contribution is 2.24. The van der Waals surface area contributed by atoms with Crippen molar-refractivity contribution in [1.82, 2.24) is 20.4 Å². The number of amides is 3. The fraction of sp³-hybridized carbons (Fsp3) is 0.300. The first-order valence-electron chi connectivity index (χ1n) is 8.84. The third-order valence-electron chi connectivity index (χ3n) is 3.52. The third kappa shape index (κ3) is 6.76. The molecule has 8 nitrogen and oxygen atoms in total. The van der Waals surface area contributed by atoms with Crippen LogP contribution in [0, 0.1) is 6.92 Å². The minimum atomic E-state index is -0.751. The maximum Gasteiger partial charge on any atom is 0.331 e. The molecule has 2 rings (SSSR count). The monoisotopic (exact) mass is 418 g/mol. The number of nitrogens with one attached hydrogen (secondary N) is 2. The van der Waals surface area contributed by atoms with Gasteiger partial charge in [0.05, 0.1) is 11.4 Å². The number of hydrogen-bond acceptors (Lipinski definition) is 5. The third-order valence-corrected chi connectivity index (χ3v) is 3.89. The van der Waals surface area contributed by atoms with Crippen molar-refractivity contribution in [2.75, 3.05) is 6.61 Å². The van der Waals surface area contributed by atoms with Crippen LogP contribution in [-0.4, -0.2) is 39.8 Å². The number of esters is 1. The van der Waals surface area contributed by atoms with Crippen LogP contribution in [0.3, 0.4) is 0 Å². The second-order valence-corrected chi connectivity index (χ2v) is 7.59. The Morgan fingerprint density at radius 1 is 1.21 bits per heavy atom. The predicted octanol–water partition coefficient (Wildman–Crippen LogP) is 3.01. The molecule has 0 aliphatic rings. The van der Waals surface area contributed by atoms with Gasteiger partial charge in [0, 0.05) is 17.2 Å². The zero-order chi connectivity index (χ0) is 21.6. The molecular weight excluding hydrogens is 396 g/mol. The van der Waals surface area contributed by atoms with Crippen molar-refractivity contribution in [2.24, 2.45) is 0 Å². The maximum absolute atomic E-state index is 11.9. The molecule has 2 N–H and O–H groups in total. The number of carbonyl (C=O) groups excluding carboxylic acids is 3. The predicted molar refractivity (Wildman–Crippen MR) is 110 cm³/mol. The number of rotatable bonds is 5. The number of urea groups is 1. The molecule has 3 amide bonds. The van der Waals surface area contributed by atoms with Crippen molar-refractivity contribution >= 4 is 35.6 Å². The molecule has 0 aliphatic carbocycles. The molecule has 1 heterocycles. The van der Waals surface area contributed by atoms with Gasteiger partial charge in [-0.3, -0.25) is 10.1 Å². The molecule has 0 saturated heterocycles. The van der Waals surface area contributed by atoms with Gasteiger partial charge in [-0.25, -0.2) is 14.3 Å². The molecule has 1 aromatic heterocycles. The van der Waals surface area contributed by atoms with E-state index in [2.05, 4.69) is 15.7 Å². The smallest absolute Gasteiger partial charge is 0.331 e. The zero-order valence-corrected chi connectivity index (χ0v) is 17.4. The summed E-state index contributed by atoms with van der Waals surface area (Å²) in [5, 5.41) is 9.35. The summed E-state index contributed by atoms with van der Waals surface area (Å²) < 4.78 is 6.40. The number of nitrogens with zero attached hydrogens (tertiary/aromatic N) is 2. The minimum Gasteiger partial charge on any atom is -0.452 e. The number of ether oxygens (including phenoxy) is 1. The van der Waals surface area contributed by atoms with Crippen LogP contribution in [0.4, 0.5) is 4.79 Å². The number of aryl methyl sites for hydroxylation is 1. The van der Waals surface area contributed by atoms with E-state index >= 15 is 0 Å². The molecule has 0 bridgehead atoms. The molecule has 29 heavy (non-hydrogen) atoms. The van der Waals surface area contributed by atoms with E-state index in [1.165, 1.54) is 6.08 Å². The van der Waals surface area contributed by atoms with Crippen LogP contribution >= 0.6 is 11.6 Å². The number of carbonyl (C=O) groups is 3. The molecule has 1 aromatic carbocycles. The molecule has 9 heteroatoms. The van der Waals surface area contributed by atoms with E-state index in [1.54, 1.807) is 32.4 Å². The summed E-state index contributed by atoms with van der Waals surface area (Å²) >= 11 is 6.37. The van der Waals surface area contributed by atoms with Crippen LogP contribution in [0.1, 0.15) is 32.0 Å². The Kier molecular flexibility index (Phi) is 7.17. The van der Waals surface area contributed by atoms with E-state index in [1.807, 2.05) is 30.3 Å². The van der Waals surface area contributed by atoms with E-state index in [9.17, 15) is 14.4 Å². The molecule has 0 aliphatic heterocycles. The SMILES string of the molecule is Cc1nn(-c2ccccc2)c(Cl)c1/C=C/C(=O)OCC(=O)NC(=O)NC(C)(C)C. The van der Waals surface area contributed by atoms with Gasteiger partial charge in [-0.2, -0.15) is 5.10 Å². The average molecular weight is 419 g/mol. The van der Waals surface area contributed by atoms with Crippen LogP contribution < -0.4 is 10.6 Å². The topological polar surface area (TPSA) is 102 Å². The van der Waals surface area contributed by atoms with Crippen molar-refractivity contribution in [1.29, 1.82) is 0 Å². The summed E-state index contributed by atoms with van der Waals surface area (Å²) in [4.78, 5) is 35.2. The molecule has 0 fully saturated rings. The molecule has 0 saturated carbocycles. The van der Waals surface area contributed by atoms with E-state index in [-0.39, 0.29) is 0 Å². The van der Waals surface area contributed by atoms with Crippen LogP contribution in [0.2, 0.25) is 5.15 Å². The quantitative estimate of drug-likeness (QED) is 0.574. The molecule has 0 unspecified atom stereocenters. The van der Waals surface area contributed by atoms with Crippen LogP contribution in [0.5, 0.6) is 0 Å².